The summed E-state index contributed by atoms with van der Waals surface area (Å²) in [5, 5.41) is 72.4. The molecule has 0 bridgehead atoms. The van der Waals surface area contributed by atoms with Crippen LogP contribution in [0.5, 0.6) is 0 Å². The van der Waals surface area contributed by atoms with Gasteiger partial charge in [-0.1, -0.05) is 27.7 Å². The second-order valence-electron chi connectivity index (χ2n) is 18.8. The van der Waals surface area contributed by atoms with Gasteiger partial charge in [-0.05, 0) is 104 Å². The summed E-state index contributed by atoms with van der Waals surface area (Å²) in [4.78, 5) is 0. The largest absolute Gasteiger partial charge is 0.394 e. The minimum Gasteiger partial charge on any atom is -0.394 e. The topological polar surface area (TPSA) is 197 Å². The van der Waals surface area contributed by atoms with Crippen molar-refractivity contribution in [2.75, 3.05) is 19.8 Å². The number of ether oxygens (including phenoxy) is 6. The fourth-order valence-corrected chi connectivity index (χ4v) is 13.1. The lowest BCUT2D eigenvalue weighted by molar-refractivity contribution is -0.338. The highest BCUT2D eigenvalue weighted by Crippen LogP contribution is 2.71. The maximum Gasteiger partial charge on any atom is 0.186 e. The van der Waals surface area contributed by atoms with Crippen LogP contribution in [-0.2, 0) is 28.4 Å². The molecule has 22 atom stereocenters. The van der Waals surface area contributed by atoms with Crippen LogP contribution >= 0.6 is 0 Å². The highest BCUT2D eigenvalue weighted by Gasteiger charge is 2.69. The Morgan fingerprint density at radius 1 is 0.692 bits per heavy atom. The van der Waals surface area contributed by atoms with Crippen molar-refractivity contribution in [3.8, 4) is 0 Å². The van der Waals surface area contributed by atoms with E-state index in [4.69, 9.17) is 28.4 Å². The molecular formula is C39H64O13. The number of rotatable bonds is 6. The Balaban J connectivity index is 0.886. The van der Waals surface area contributed by atoms with Crippen LogP contribution in [0.15, 0.2) is 0 Å². The molecule has 0 aromatic rings. The van der Waals surface area contributed by atoms with Crippen molar-refractivity contribution in [1.82, 2.24) is 0 Å². The van der Waals surface area contributed by atoms with Crippen LogP contribution < -0.4 is 0 Å². The third kappa shape index (κ3) is 6.06. The summed E-state index contributed by atoms with van der Waals surface area (Å²) in [5.41, 5.74) is 0.468. The Bertz CT molecular complexity index is 1260. The van der Waals surface area contributed by atoms with E-state index in [1.807, 2.05) is 0 Å². The highest BCUT2D eigenvalue weighted by molar-refractivity contribution is 5.15. The maximum absolute atomic E-state index is 10.9. The Labute approximate surface area is 307 Å². The predicted molar refractivity (Wildman–Crippen MR) is 183 cm³/mol. The van der Waals surface area contributed by atoms with E-state index < -0.39 is 73.8 Å². The molecule has 8 rings (SSSR count). The van der Waals surface area contributed by atoms with Gasteiger partial charge in [-0.15, -0.1) is 0 Å². The molecule has 13 nitrogen and oxygen atoms in total. The van der Waals surface area contributed by atoms with Gasteiger partial charge in [-0.25, -0.2) is 0 Å². The molecule has 4 saturated heterocycles. The van der Waals surface area contributed by atoms with E-state index in [1.54, 1.807) is 0 Å². The van der Waals surface area contributed by atoms with Gasteiger partial charge < -0.3 is 64.2 Å². The molecule has 7 N–H and O–H groups in total. The quantitative estimate of drug-likeness (QED) is 0.194. The zero-order chi connectivity index (χ0) is 36.9. The van der Waals surface area contributed by atoms with E-state index in [2.05, 4.69) is 27.7 Å². The molecule has 4 heterocycles. The fraction of sp³-hybridized carbons (Fsp3) is 1.00. The van der Waals surface area contributed by atoms with Gasteiger partial charge in [0.1, 0.15) is 48.8 Å². The van der Waals surface area contributed by atoms with Crippen molar-refractivity contribution in [2.24, 2.45) is 52.3 Å². The standard InChI is InChI=1S/C39H64O13/c1-18-7-12-39(48-16-18)19(2)28-25(52-39)14-24-22-6-5-20-13-21(8-10-37(20,3)23(22)9-11-38(24,28)4)49-36-34(46)32(44)30(42)27(51-36)17-47-35-33(45)31(43)29(41)26(15-40)50-35/h18-36,40-46H,5-17H2,1-4H3/t18-,19+,20-,21+,22-,23+,24+,25+,26-,27-,28+,29-,30+,31+,32+,33-,34-,35-,36-,37+,38+,39-/m1/s1. The minimum atomic E-state index is -1.62. The molecule has 1 spiro atoms. The summed E-state index contributed by atoms with van der Waals surface area (Å²) >= 11 is 0. The van der Waals surface area contributed by atoms with Gasteiger partial charge in [-0.3, -0.25) is 0 Å². The number of aliphatic hydroxyl groups is 7. The highest BCUT2D eigenvalue weighted by atomic mass is 16.7. The first kappa shape index (κ1) is 38.4. The van der Waals surface area contributed by atoms with Gasteiger partial charge in [-0.2, -0.15) is 0 Å². The average molecular weight is 741 g/mol. The molecule has 4 saturated carbocycles. The van der Waals surface area contributed by atoms with Crippen LogP contribution in [0.4, 0.5) is 0 Å². The van der Waals surface area contributed by atoms with E-state index in [-0.39, 0.29) is 29.6 Å². The summed E-state index contributed by atoms with van der Waals surface area (Å²) in [6.45, 7) is 9.58. The van der Waals surface area contributed by atoms with Gasteiger partial charge in [0.05, 0.1) is 32.0 Å². The number of hydrogen-bond donors (Lipinski definition) is 7. The maximum atomic E-state index is 10.9. The molecule has 0 amide bonds. The zero-order valence-electron chi connectivity index (χ0n) is 31.2. The Morgan fingerprint density at radius 2 is 1.38 bits per heavy atom. The van der Waals surface area contributed by atoms with Gasteiger partial charge in [0.25, 0.3) is 0 Å². The first-order valence-corrected chi connectivity index (χ1v) is 20.3. The van der Waals surface area contributed by atoms with E-state index in [9.17, 15) is 35.7 Å². The third-order valence-corrected chi connectivity index (χ3v) is 16.2. The van der Waals surface area contributed by atoms with Crippen LogP contribution in [0.2, 0.25) is 0 Å². The third-order valence-electron chi connectivity index (χ3n) is 16.2. The zero-order valence-corrected chi connectivity index (χ0v) is 31.2. The van der Waals surface area contributed by atoms with Crippen molar-refractivity contribution in [3.63, 3.8) is 0 Å². The van der Waals surface area contributed by atoms with E-state index in [1.165, 1.54) is 25.7 Å². The normalized spacial score (nSPS) is 59.0. The van der Waals surface area contributed by atoms with Crippen LogP contribution in [0, 0.1) is 52.3 Å². The molecule has 13 heteroatoms. The van der Waals surface area contributed by atoms with Crippen LogP contribution in [0.25, 0.3) is 0 Å². The molecule has 52 heavy (non-hydrogen) atoms. The molecule has 4 aliphatic carbocycles. The summed E-state index contributed by atoms with van der Waals surface area (Å²) in [6.07, 6.45) is -3.38. The lowest BCUT2D eigenvalue weighted by Gasteiger charge is -2.61. The molecule has 0 aromatic heterocycles. The van der Waals surface area contributed by atoms with Gasteiger partial charge in [0, 0.05) is 12.3 Å². The van der Waals surface area contributed by atoms with Crippen molar-refractivity contribution >= 4 is 0 Å². The van der Waals surface area contributed by atoms with Crippen molar-refractivity contribution in [3.05, 3.63) is 0 Å². The second-order valence-corrected chi connectivity index (χ2v) is 18.8. The van der Waals surface area contributed by atoms with E-state index in [0.29, 0.717) is 41.4 Å². The lowest BCUT2D eigenvalue weighted by Crippen LogP contribution is -2.62. The first-order chi connectivity index (χ1) is 24.7. The summed E-state index contributed by atoms with van der Waals surface area (Å²) in [6, 6.07) is 0. The molecule has 298 valence electrons. The van der Waals surface area contributed by atoms with Crippen LogP contribution in [0.3, 0.4) is 0 Å². The van der Waals surface area contributed by atoms with Crippen molar-refractivity contribution < 1.29 is 64.2 Å². The smallest absolute Gasteiger partial charge is 0.186 e. The number of aliphatic hydroxyl groups excluding tert-OH is 7. The minimum absolute atomic E-state index is 0.188. The summed E-state index contributed by atoms with van der Waals surface area (Å²) in [5.74, 6) is 3.63. The molecule has 0 aromatic carbocycles. The Kier molecular flexibility index (Phi) is 10.4. The van der Waals surface area contributed by atoms with Gasteiger partial charge >= 0.3 is 0 Å². The molecular weight excluding hydrogens is 676 g/mol. The Morgan fingerprint density at radius 3 is 2.10 bits per heavy atom. The molecule has 0 radical (unpaired) electrons. The summed E-state index contributed by atoms with van der Waals surface area (Å²) < 4.78 is 36.9. The summed E-state index contributed by atoms with van der Waals surface area (Å²) in [7, 11) is 0. The number of hydrogen-bond acceptors (Lipinski definition) is 13. The van der Waals surface area contributed by atoms with Gasteiger partial charge in [0.15, 0.2) is 18.4 Å². The van der Waals surface area contributed by atoms with Crippen LogP contribution in [0.1, 0.15) is 91.9 Å². The Hall–Kier alpha value is -0.520. The first-order valence-electron chi connectivity index (χ1n) is 20.3. The molecule has 8 fully saturated rings. The van der Waals surface area contributed by atoms with Crippen molar-refractivity contribution in [1.29, 1.82) is 0 Å². The predicted octanol–water partition coefficient (Wildman–Crippen LogP) is 1.44. The second kappa shape index (κ2) is 14.1. The number of fused-ring (bicyclic) bond motifs is 7. The fourth-order valence-electron chi connectivity index (χ4n) is 13.1. The van der Waals surface area contributed by atoms with E-state index in [0.717, 1.165) is 45.1 Å². The van der Waals surface area contributed by atoms with Crippen molar-refractivity contribution in [2.45, 2.75) is 171 Å². The molecule has 0 unspecified atom stereocenters. The average Bonchev–Trinajstić information content (AvgIpc) is 3.58. The van der Waals surface area contributed by atoms with E-state index >= 15 is 0 Å². The molecule has 8 aliphatic rings. The lowest BCUT2D eigenvalue weighted by atomic mass is 9.44. The SMILES string of the molecule is C[C@@H]1CC[C@@]2(OC1)O[C@H]1C[C@H]3[C@@H]4CC[C@@H]5C[C@@H](O[C@@H]6O[C@H](CO[C@@H]7O[C@H](CO)[C@@H](O)[C@H](O)[C@H]7O)[C@H](O)[C@H](O)[C@H]6O)CC[C@]5(C)[C@H]4CC[C@]3(C)[C@H]1[C@@H]2C. The molecule has 4 aliphatic heterocycles. The van der Waals surface area contributed by atoms with Crippen LogP contribution in [-0.4, -0.2) is 135 Å². The monoisotopic (exact) mass is 740 g/mol. The van der Waals surface area contributed by atoms with Gasteiger partial charge in [0.2, 0.25) is 0 Å².